The minimum atomic E-state index is -4.35. The maximum Gasteiger partial charge on any atom is 0.416 e. The summed E-state index contributed by atoms with van der Waals surface area (Å²) in [5, 5.41) is 0. The van der Waals surface area contributed by atoms with Crippen LogP contribution in [-0.4, -0.2) is 37.7 Å². The topological polar surface area (TPSA) is 107 Å². The molecular formula is C66H63F9O9. The largest absolute Gasteiger partial charge is 0.486 e. The van der Waals surface area contributed by atoms with Crippen LogP contribution in [0.15, 0.2) is 127 Å². The van der Waals surface area contributed by atoms with E-state index in [2.05, 4.69) is 0 Å². The predicted molar refractivity (Wildman–Crippen MR) is 291 cm³/mol. The Bertz CT molecular complexity index is 2970. The van der Waals surface area contributed by atoms with E-state index in [1.165, 1.54) is 18.2 Å². The summed E-state index contributed by atoms with van der Waals surface area (Å²) in [6.07, 6.45) is -9.16. The second kappa shape index (κ2) is 24.6. The molecule has 0 aromatic heterocycles. The Balaban J connectivity index is 0.000000140. The number of carbonyl (C=O) groups is 3. The highest BCUT2D eigenvalue weighted by molar-refractivity contribution is 5.78. The summed E-state index contributed by atoms with van der Waals surface area (Å²) in [6, 6.07) is 35.3. The average molecular weight is 1170 g/mol. The Labute approximate surface area is 480 Å². The zero-order valence-corrected chi connectivity index (χ0v) is 46.4. The molecule has 0 bridgehead atoms. The van der Waals surface area contributed by atoms with Crippen LogP contribution in [0.1, 0.15) is 162 Å². The molecule has 0 N–H and O–H groups in total. The van der Waals surface area contributed by atoms with Crippen molar-refractivity contribution in [2.24, 2.45) is 17.8 Å². The lowest BCUT2D eigenvalue weighted by atomic mass is 10.0. The number of carbonyl (C=O) groups excluding carboxylic acids is 3. The number of rotatable bonds is 15. The van der Waals surface area contributed by atoms with Crippen LogP contribution in [-0.2, 0) is 66.4 Å². The summed E-state index contributed by atoms with van der Waals surface area (Å²) in [6.45, 7) is 6.52. The van der Waals surface area contributed by atoms with Gasteiger partial charge in [0.05, 0.1) is 54.3 Å². The summed E-state index contributed by atoms with van der Waals surface area (Å²) >= 11 is 0. The monoisotopic (exact) mass is 1170 g/mol. The van der Waals surface area contributed by atoms with Crippen molar-refractivity contribution >= 4 is 17.9 Å². The number of benzene rings is 6. The van der Waals surface area contributed by atoms with Gasteiger partial charge in [0, 0.05) is 0 Å². The molecule has 3 fully saturated rings. The molecule has 9 nitrogen and oxygen atoms in total. The lowest BCUT2D eigenvalue weighted by Crippen LogP contribution is -2.09. The second-order valence-electron chi connectivity index (χ2n) is 21.9. The fraction of sp³-hybridized carbons (Fsp3) is 0.409. The smallest absolute Gasteiger partial charge is 0.416 e. The number of hydrogen-bond donors (Lipinski definition) is 0. The van der Waals surface area contributed by atoms with Gasteiger partial charge in [-0.1, -0.05) is 72.8 Å². The molecule has 12 rings (SSSR count). The van der Waals surface area contributed by atoms with Crippen molar-refractivity contribution < 1.29 is 82.3 Å². The molecule has 18 heteroatoms. The molecule has 0 heterocycles. The summed E-state index contributed by atoms with van der Waals surface area (Å²) in [7, 11) is 0. The van der Waals surface area contributed by atoms with Gasteiger partial charge < -0.3 is 28.4 Å². The number of halogens is 9. The summed E-state index contributed by atoms with van der Waals surface area (Å²) < 4.78 is 152. The van der Waals surface area contributed by atoms with Crippen LogP contribution in [0.2, 0.25) is 0 Å². The van der Waals surface area contributed by atoms with Crippen molar-refractivity contribution in [2.45, 2.75) is 133 Å². The van der Waals surface area contributed by atoms with Crippen molar-refractivity contribution in [3.05, 3.63) is 194 Å². The Hall–Kier alpha value is -7.50. The molecule has 6 aromatic rings. The van der Waals surface area contributed by atoms with Crippen LogP contribution >= 0.6 is 0 Å². The molecule has 444 valence electrons. The van der Waals surface area contributed by atoms with Crippen LogP contribution in [0, 0.1) is 17.8 Å². The van der Waals surface area contributed by atoms with Gasteiger partial charge in [-0.3, -0.25) is 14.4 Å². The van der Waals surface area contributed by atoms with Crippen molar-refractivity contribution in [3.63, 3.8) is 0 Å². The van der Waals surface area contributed by atoms with Crippen LogP contribution in [0.3, 0.4) is 0 Å². The summed E-state index contributed by atoms with van der Waals surface area (Å²) in [4.78, 5) is 35.3. The number of hydrogen-bond acceptors (Lipinski definition) is 9. The molecule has 6 aromatic carbocycles. The van der Waals surface area contributed by atoms with E-state index >= 15 is 0 Å². The standard InChI is InChI=1S/3C22H21F3O3/c3*1-2-27-21(26)18-12-17(18)13-6-8-14(9-7-13)28-20-11-10-15-16(20)4-3-5-19(15)22(23,24)25/h3*3-9,17-18,20H,2,10-12H2,1H3/t17?,18?,20-;17-,18+,20+;17-,18+,20-/m101/s1. The van der Waals surface area contributed by atoms with E-state index in [1.807, 2.05) is 72.8 Å². The van der Waals surface area contributed by atoms with Gasteiger partial charge in [0.1, 0.15) is 35.6 Å². The van der Waals surface area contributed by atoms with Gasteiger partial charge in [0.15, 0.2) is 0 Å². The van der Waals surface area contributed by atoms with Crippen molar-refractivity contribution in [2.75, 3.05) is 19.8 Å². The van der Waals surface area contributed by atoms with E-state index in [9.17, 15) is 53.9 Å². The Morgan fingerprint density at radius 1 is 0.381 bits per heavy atom. The first kappa shape index (κ1) is 59.7. The van der Waals surface area contributed by atoms with E-state index in [0.29, 0.717) is 109 Å². The minimum absolute atomic E-state index is 0.0748. The highest BCUT2D eigenvalue weighted by atomic mass is 19.4. The Kier molecular flexibility index (Phi) is 17.5. The number of fused-ring (bicyclic) bond motifs is 3. The molecule has 6 aliphatic carbocycles. The molecule has 0 spiro atoms. The lowest BCUT2D eigenvalue weighted by Gasteiger charge is -2.17. The third-order valence-electron chi connectivity index (χ3n) is 16.5. The van der Waals surface area contributed by atoms with Crippen LogP contribution in [0.4, 0.5) is 39.5 Å². The number of esters is 3. The van der Waals surface area contributed by atoms with E-state index in [0.717, 1.165) is 54.2 Å². The van der Waals surface area contributed by atoms with Crippen LogP contribution in [0.25, 0.3) is 0 Å². The molecule has 0 amide bonds. The lowest BCUT2D eigenvalue weighted by molar-refractivity contribution is -0.145. The Morgan fingerprint density at radius 2 is 0.631 bits per heavy atom. The summed E-state index contributed by atoms with van der Waals surface area (Å²) in [5.74, 6) is 1.69. The van der Waals surface area contributed by atoms with Crippen LogP contribution < -0.4 is 14.2 Å². The van der Waals surface area contributed by atoms with E-state index < -0.39 is 35.2 Å². The maximum absolute atomic E-state index is 13.2. The molecular weight excluding hydrogens is 1110 g/mol. The first-order valence-electron chi connectivity index (χ1n) is 28.5. The minimum Gasteiger partial charge on any atom is -0.486 e. The average Bonchev–Trinajstić information content (AvgIpc) is 3.45. The van der Waals surface area contributed by atoms with Gasteiger partial charge in [-0.15, -0.1) is 0 Å². The van der Waals surface area contributed by atoms with Gasteiger partial charge in [0.25, 0.3) is 0 Å². The second-order valence-corrected chi connectivity index (χ2v) is 21.9. The van der Waals surface area contributed by atoms with Crippen LogP contribution in [0.5, 0.6) is 17.2 Å². The SMILES string of the molecule is CCOC(=O)C1CC1c1ccc(O[C@@H]2CCc3c2cccc3C(F)(F)F)cc1.CCOC(=O)[C@@H]1C[C@H]1c1ccc(O[C@@H]2CCc3c2cccc3C(F)(F)F)cc1.CCOC(=O)[C@H]1C[C@@H]1c1ccc(O[C@@H]2CCc3c2cccc3C(F)(F)F)cc1. The fourth-order valence-corrected chi connectivity index (χ4v) is 12.1. The maximum atomic E-state index is 13.2. The zero-order valence-electron chi connectivity index (χ0n) is 46.4. The zero-order chi connectivity index (χ0) is 59.7. The predicted octanol–water partition coefficient (Wildman–Crippen LogP) is 16.3. The normalized spacial score (nSPS) is 23.2. The fourth-order valence-electron chi connectivity index (χ4n) is 12.1. The highest BCUT2D eigenvalue weighted by Crippen LogP contribution is 2.52. The number of alkyl halides is 9. The molecule has 84 heavy (non-hydrogen) atoms. The van der Waals surface area contributed by atoms with Gasteiger partial charge in [-0.2, -0.15) is 39.5 Å². The van der Waals surface area contributed by atoms with E-state index in [-0.39, 0.29) is 71.7 Å². The van der Waals surface area contributed by atoms with Gasteiger partial charge in [0.2, 0.25) is 0 Å². The molecule has 0 saturated heterocycles. The van der Waals surface area contributed by atoms with Gasteiger partial charge >= 0.3 is 36.4 Å². The third kappa shape index (κ3) is 13.5. The first-order chi connectivity index (χ1) is 40.1. The molecule has 9 atom stereocenters. The summed E-state index contributed by atoms with van der Waals surface area (Å²) in [5.41, 5.74) is 4.33. The molecule has 6 aliphatic rings. The van der Waals surface area contributed by atoms with E-state index in [1.54, 1.807) is 39.0 Å². The molecule has 3 saturated carbocycles. The molecule has 0 radical (unpaired) electrons. The van der Waals surface area contributed by atoms with Crippen molar-refractivity contribution in [3.8, 4) is 17.2 Å². The third-order valence-corrected chi connectivity index (χ3v) is 16.5. The van der Waals surface area contributed by atoms with Gasteiger partial charge in [-0.25, -0.2) is 0 Å². The molecule has 2 unspecified atom stereocenters. The van der Waals surface area contributed by atoms with Gasteiger partial charge in [-0.05, 0) is 201 Å². The van der Waals surface area contributed by atoms with Crippen molar-refractivity contribution in [1.29, 1.82) is 0 Å². The van der Waals surface area contributed by atoms with Crippen molar-refractivity contribution in [1.82, 2.24) is 0 Å². The quantitative estimate of drug-likeness (QED) is 0.0564. The highest BCUT2D eigenvalue weighted by Gasteiger charge is 2.48. The Morgan fingerprint density at radius 3 is 0.857 bits per heavy atom. The number of ether oxygens (including phenoxy) is 6. The molecule has 0 aliphatic heterocycles. The first-order valence-corrected chi connectivity index (χ1v) is 28.5. The van der Waals surface area contributed by atoms with E-state index in [4.69, 9.17) is 28.4 Å².